The topological polar surface area (TPSA) is 32.8 Å². The SMILES string of the molecule is CCCCCC[C@@H]1O[C@@H]1[C@@H](O)CC. The van der Waals surface area contributed by atoms with Crippen LogP contribution in [0.15, 0.2) is 0 Å². The van der Waals surface area contributed by atoms with E-state index in [1.807, 2.05) is 6.92 Å². The first kappa shape index (κ1) is 11.0. The molecule has 13 heavy (non-hydrogen) atoms. The lowest BCUT2D eigenvalue weighted by molar-refractivity contribution is 0.131. The second kappa shape index (κ2) is 5.61. The molecule has 78 valence electrons. The first-order chi connectivity index (χ1) is 6.29. The molecule has 0 radical (unpaired) electrons. The van der Waals surface area contributed by atoms with E-state index in [0.29, 0.717) is 6.10 Å². The Morgan fingerprint density at radius 2 is 2.00 bits per heavy atom. The Morgan fingerprint density at radius 1 is 1.23 bits per heavy atom. The number of hydrogen-bond donors (Lipinski definition) is 1. The van der Waals surface area contributed by atoms with E-state index < -0.39 is 0 Å². The van der Waals surface area contributed by atoms with Crippen molar-refractivity contribution in [1.82, 2.24) is 0 Å². The fourth-order valence-electron chi connectivity index (χ4n) is 1.73. The average Bonchev–Trinajstić information content (AvgIpc) is 2.91. The number of aliphatic hydroxyl groups excluding tert-OH is 1. The van der Waals surface area contributed by atoms with Gasteiger partial charge in [-0.15, -0.1) is 0 Å². The lowest BCUT2D eigenvalue weighted by Crippen LogP contribution is -2.15. The maximum absolute atomic E-state index is 9.45. The van der Waals surface area contributed by atoms with Crippen molar-refractivity contribution in [3.63, 3.8) is 0 Å². The summed E-state index contributed by atoms with van der Waals surface area (Å²) in [5, 5.41) is 9.45. The second-order valence-corrected chi connectivity index (χ2v) is 3.96. The van der Waals surface area contributed by atoms with Gasteiger partial charge < -0.3 is 9.84 Å². The molecule has 0 aromatic heterocycles. The Labute approximate surface area is 81.3 Å². The highest BCUT2D eigenvalue weighted by Gasteiger charge is 2.42. The normalized spacial score (nSPS) is 28.8. The molecule has 1 aliphatic rings. The molecule has 1 saturated heterocycles. The first-order valence-corrected chi connectivity index (χ1v) is 5.63. The lowest BCUT2D eigenvalue weighted by Gasteiger charge is -2.01. The molecule has 1 rings (SSSR count). The van der Waals surface area contributed by atoms with E-state index in [4.69, 9.17) is 4.74 Å². The number of ether oxygens (including phenoxy) is 1. The molecule has 2 heteroatoms. The van der Waals surface area contributed by atoms with Crippen molar-refractivity contribution in [2.24, 2.45) is 0 Å². The zero-order valence-corrected chi connectivity index (χ0v) is 8.83. The zero-order valence-electron chi connectivity index (χ0n) is 8.83. The van der Waals surface area contributed by atoms with E-state index in [9.17, 15) is 5.11 Å². The average molecular weight is 186 g/mol. The van der Waals surface area contributed by atoms with Gasteiger partial charge in [-0.3, -0.25) is 0 Å². The molecule has 1 aliphatic heterocycles. The minimum Gasteiger partial charge on any atom is -0.390 e. The quantitative estimate of drug-likeness (QED) is 0.489. The van der Waals surface area contributed by atoms with Gasteiger partial charge in [0, 0.05) is 0 Å². The first-order valence-electron chi connectivity index (χ1n) is 5.63. The van der Waals surface area contributed by atoms with Gasteiger partial charge in [0.25, 0.3) is 0 Å². The molecule has 3 atom stereocenters. The van der Waals surface area contributed by atoms with Crippen molar-refractivity contribution >= 4 is 0 Å². The fourth-order valence-corrected chi connectivity index (χ4v) is 1.73. The molecule has 1 heterocycles. The van der Waals surface area contributed by atoms with Gasteiger partial charge in [-0.2, -0.15) is 0 Å². The van der Waals surface area contributed by atoms with Crippen molar-refractivity contribution in [2.45, 2.75) is 70.7 Å². The van der Waals surface area contributed by atoms with Crippen molar-refractivity contribution in [1.29, 1.82) is 0 Å². The van der Waals surface area contributed by atoms with E-state index in [1.165, 1.54) is 25.7 Å². The van der Waals surface area contributed by atoms with Crippen molar-refractivity contribution in [2.75, 3.05) is 0 Å². The highest BCUT2D eigenvalue weighted by atomic mass is 16.6. The molecule has 0 unspecified atom stereocenters. The highest BCUT2D eigenvalue weighted by molar-refractivity contribution is 4.89. The molecule has 0 aromatic carbocycles. The van der Waals surface area contributed by atoms with Crippen LogP contribution in [0.4, 0.5) is 0 Å². The Morgan fingerprint density at radius 3 is 2.62 bits per heavy atom. The van der Waals surface area contributed by atoms with E-state index in [0.717, 1.165) is 12.8 Å². The summed E-state index contributed by atoms with van der Waals surface area (Å²) in [6.07, 6.45) is 7.43. The molecule has 1 N–H and O–H groups in total. The number of aliphatic hydroxyl groups is 1. The van der Waals surface area contributed by atoms with Gasteiger partial charge in [-0.25, -0.2) is 0 Å². The summed E-state index contributed by atoms with van der Waals surface area (Å²) < 4.78 is 5.40. The minimum absolute atomic E-state index is 0.159. The summed E-state index contributed by atoms with van der Waals surface area (Å²) in [6.45, 7) is 4.22. The van der Waals surface area contributed by atoms with Crippen LogP contribution in [-0.4, -0.2) is 23.4 Å². The van der Waals surface area contributed by atoms with Gasteiger partial charge in [0.05, 0.1) is 12.2 Å². The van der Waals surface area contributed by atoms with Crippen LogP contribution in [0, 0.1) is 0 Å². The van der Waals surface area contributed by atoms with Crippen LogP contribution < -0.4 is 0 Å². The molecule has 0 aromatic rings. The van der Waals surface area contributed by atoms with Crippen LogP contribution in [0.25, 0.3) is 0 Å². The maximum Gasteiger partial charge on any atom is 0.110 e. The second-order valence-electron chi connectivity index (χ2n) is 3.96. The van der Waals surface area contributed by atoms with Gasteiger partial charge in [-0.05, 0) is 12.8 Å². The third-order valence-electron chi connectivity index (χ3n) is 2.76. The number of unbranched alkanes of at least 4 members (excludes halogenated alkanes) is 3. The number of rotatable bonds is 7. The third kappa shape index (κ3) is 3.65. The van der Waals surface area contributed by atoms with Crippen LogP contribution in [0.1, 0.15) is 52.4 Å². The molecule has 0 amide bonds. The highest BCUT2D eigenvalue weighted by Crippen LogP contribution is 2.31. The predicted octanol–water partition coefficient (Wildman–Crippen LogP) is 2.50. The molecule has 0 aliphatic carbocycles. The van der Waals surface area contributed by atoms with E-state index in [2.05, 4.69) is 6.92 Å². The largest absolute Gasteiger partial charge is 0.390 e. The molecule has 2 nitrogen and oxygen atoms in total. The number of epoxide rings is 1. The van der Waals surface area contributed by atoms with Crippen LogP contribution in [0.2, 0.25) is 0 Å². The molecule has 0 saturated carbocycles. The van der Waals surface area contributed by atoms with Crippen LogP contribution in [0.5, 0.6) is 0 Å². The van der Waals surface area contributed by atoms with Crippen LogP contribution >= 0.6 is 0 Å². The fraction of sp³-hybridized carbons (Fsp3) is 1.00. The van der Waals surface area contributed by atoms with Crippen molar-refractivity contribution < 1.29 is 9.84 Å². The minimum atomic E-state index is -0.226. The Bertz CT molecular complexity index is 136. The van der Waals surface area contributed by atoms with E-state index >= 15 is 0 Å². The van der Waals surface area contributed by atoms with Gasteiger partial charge in [-0.1, -0.05) is 39.5 Å². The van der Waals surface area contributed by atoms with Crippen LogP contribution in [-0.2, 0) is 4.74 Å². The predicted molar refractivity (Wildman–Crippen MR) is 53.7 cm³/mol. The van der Waals surface area contributed by atoms with Crippen molar-refractivity contribution in [3.8, 4) is 0 Å². The summed E-state index contributed by atoms with van der Waals surface area (Å²) in [7, 11) is 0. The summed E-state index contributed by atoms with van der Waals surface area (Å²) in [5.74, 6) is 0. The van der Waals surface area contributed by atoms with Gasteiger partial charge in [0.15, 0.2) is 0 Å². The smallest absolute Gasteiger partial charge is 0.110 e. The van der Waals surface area contributed by atoms with Crippen molar-refractivity contribution in [3.05, 3.63) is 0 Å². The summed E-state index contributed by atoms with van der Waals surface area (Å²) >= 11 is 0. The zero-order chi connectivity index (χ0) is 9.68. The summed E-state index contributed by atoms with van der Waals surface area (Å²) in [5.41, 5.74) is 0. The van der Waals surface area contributed by atoms with Crippen LogP contribution in [0.3, 0.4) is 0 Å². The summed E-state index contributed by atoms with van der Waals surface area (Å²) in [4.78, 5) is 0. The van der Waals surface area contributed by atoms with E-state index in [-0.39, 0.29) is 12.2 Å². The number of hydrogen-bond acceptors (Lipinski definition) is 2. The maximum atomic E-state index is 9.45. The molecule has 1 fully saturated rings. The molecule has 0 spiro atoms. The lowest BCUT2D eigenvalue weighted by atomic mass is 10.1. The van der Waals surface area contributed by atoms with Gasteiger partial charge in [0.1, 0.15) is 6.10 Å². The molecular formula is C11H22O2. The van der Waals surface area contributed by atoms with Gasteiger partial charge >= 0.3 is 0 Å². The summed E-state index contributed by atoms with van der Waals surface area (Å²) in [6, 6.07) is 0. The standard InChI is InChI=1S/C11H22O2/c1-3-5-6-7-8-10-11(13-10)9(12)4-2/h9-12H,3-8H2,1-2H3/t9-,10-,11+/m0/s1. The third-order valence-corrected chi connectivity index (χ3v) is 2.76. The Hall–Kier alpha value is -0.0800. The van der Waals surface area contributed by atoms with E-state index in [1.54, 1.807) is 0 Å². The Kier molecular flexibility index (Phi) is 4.74. The molecular weight excluding hydrogens is 164 g/mol. The molecule has 0 bridgehead atoms. The Balaban J connectivity index is 1.95. The monoisotopic (exact) mass is 186 g/mol. The van der Waals surface area contributed by atoms with Gasteiger partial charge in [0.2, 0.25) is 0 Å².